The van der Waals surface area contributed by atoms with E-state index in [1.54, 1.807) is 5.38 Å². The van der Waals surface area contributed by atoms with Crippen LogP contribution in [0.5, 0.6) is 0 Å². The van der Waals surface area contributed by atoms with Crippen LogP contribution in [0.25, 0.3) is 0 Å². The van der Waals surface area contributed by atoms with Gasteiger partial charge in [-0.15, -0.1) is 0 Å². The number of carbonyl (C=O) groups excluding carboxylic acids is 2. The number of benzene rings is 1. The third kappa shape index (κ3) is 5.08. The summed E-state index contributed by atoms with van der Waals surface area (Å²) in [7, 11) is 0. The lowest BCUT2D eigenvalue weighted by atomic mass is 10.2. The molecule has 4 nitrogen and oxygen atoms in total. The topological polar surface area (TPSA) is 55.4 Å². The number of nitrogens with one attached hydrogen (secondary N) is 1. The van der Waals surface area contributed by atoms with E-state index in [0.717, 1.165) is 17.4 Å². The van der Waals surface area contributed by atoms with Crippen LogP contribution >= 0.6 is 11.3 Å². The van der Waals surface area contributed by atoms with Crippen molar-refractivity contribution in [3.8, 4) is 11.8 Å². The van der Waals surface area contributed by atoms with Crippen molar-refractivity contribution in [2.24, 2.45) is 0 Å². The van der Waals surface area contributed by atoms with E-state index < -0.39 is 6.09 Å². The van der Waals surface area contributed by atoms with Gasteiger partial charge in [-0.25, -0.2) is 4.79 Å². The predicted molar refractivity (Wildman–Crippen MR) is 85.8 cm³/mol. The van der Waals surface area contributed by atoms with Gasteiger partial charge in [0.05, 0.1) is 0 Å². The minimum Gasteiger partial charge on any atom is -0.445 e. The number of hydrogen-bond donors (Lipinski definition) is 1. The van der Waals surface area contributed by atoms with Crippen LogP contribution in [0.3, 0.4) is 0 Å². The van der Waals surface area contributed by atoms with Gasteiger partial charge in [0.25, 0.3) is 0 Å². The lowest BCUT2D eigenvalue weighted by molar-refractivity contribution is 0.112. The molecule has 2 aromatic rings. The second-order valence-corrected chi connectivity index (χ2v) is 5.14. The van der Waals surface area contributed by atoms with Crippen LogP contribution < -0.4 is 5.32 Å². The molecule has 0 bridgehead atoms. The first-order valence-corrected chi connectivity index (χ1v) is 7.68. The van der Waals surface area contributed by atoms with Gasteiger partial charge < -0.3 is 10.1 Å². The Balaban J connectivity index is 1.66. The minimum absolute atomic E-state index is 0.246. The average Bonchev–Trinajstić information content (AvgIpc) is 3.01. The monoisotopic (exact) mass is 313 g/mol. The molecule has 1 aromatic carbocycles. The normalized spacial score (nSPS) is 9.45. The summed E-state index contributed by atoms with van der Waals surface area (Å²) >= 11 is 1.44. The van der Waals surface area contributed by atoms with Crippen LogP contribution in [0.1, 0.15) is 27.9 Å². The van der Waals surface area contributed by atoms with Gasteiger partial charge in [-0.05, 0) is 5.56 Å². The SMILES string of the molecule is O=Cc1cscc1C#CCCNC(=O)OCc1ccccc1. The summed E-state index contributed by atoms with van der Waals surface area (Å²) in [4.78, 5) is 22.2. The summed E-state index contributed by atoms with van der Waals surface area (Å²) in [5.41, 5.74) is 2.27. The molecule has 0 saturated heterocycles. The van der Waals surface area contributed by atoms with Crippen LogP contribution in [0, 0.1) is 11.8 Å². The molecule has 2 rings (SSSR count). The van der Waals surface area contributed by atoms with Crippen molar-refractivity contribution in [1.82, 2.24) is 5.32 Å². The van der Waals surface area contributed by atoms with Crippen molar-refractivity contribution >= 4 is 23.7 Å². The molecule has 5 heteroatoms. The largest absolute Gasteiger partial charge is 0.445 e. The van der Waals surface area contributed by atoms with Gasteiger partial charge in [0.2, 0.25) is 0 Å². The molecular weight excluding hydrogens is 298 g/mol. The lowest BCUT2D eigenvalue weighted by Gasteiger charge is -2.05. The number of carbonyl (C=O) groups is 2. The Bertz CT molecular complexity index is 683. The quantitative estimate of drug-likeness (QED) is 0.524. The van der Waals surface area contributed by atoms with Crippen molar-refractivity contribution in [3.05, 3.63) is 57.8 Å². The van der Waals surface area contributed by atoms with E-state index in [2.05, 4.69) is 17.2 Å². The van der Waals surface area contributed by atoms with Crippen LogP contribution in [0.4, 0.5) is 4.79 Å². The first kappa shape index (κ1) is 15.8. The number of ether oxygens (including phenoxy) is 1. The molecule has 1 N–H and O–H groups in total. The predicted octanol–water partition coefficient (Wildman–Crippen LogP) is 3.23. The number of amides is 1. The number of rotatable bonds is 5. The Morgan fingerprint density at radius 1 is 1.27 bits per heavy atom. The standard InChI is InChI=1S/C17H15NO3S/c19-10-16-13-22-12-15(16)8-4-5-9-18-17(20)21-11-14-6-2-1-3-7-14/h1-3,6-7,10,12-13H,5,9,11H2,(H,18,20). The van der Waals surface area contributed by atoms with Crippen molar-refractivity contribution in [3.63, 3.8) is 0 Å². The first-order valence-electron chi connectivity index (χ1n) is 6.74. The van der Waals surface area contributed by atoms with Crippen LogP contribution in [0.15, 0.2) is 41.1 Å². The van der Waals surface area contributed by atoms with Gasteiger partial charge in [0, 0.05) is 34.9 Å². The third-order valence-corrected chi connectivity index (χ3v) is 3.54. The van der Waals surface area contributed by atoms with Gasteiger partial charge in [-0.1, -0.05) is 42.2 Å². The fraction of sp³-hybridized carbons (Fsp3) is 0.176. The molecule has 1 amide bonds. The number of alkyl carbamates (subject to hydrolysis) is 1. The van der Waals surface area contributed by atoms with Crippen molar-refractivity contribution in [2.45, 2.75) is 13.0 Å². The van der Waals surface area contributed by atoms with E-state index >= 15 is 0 Å². The van der Waals surface area contributed by atoms with E-state index in [9.17, 15) is 9.59 Å². The molecule has 0 atom stereocenters. The smallest absolute Gasteiger partial charge is 0.407 e. The summed E-state index contributed by atoms with van der Waals surface area (Å²) < 4.78 is 5.07. The number of thiophene rings is 1. The Kier molecular flexibility index (Phi) is 6.21. The van der Waals surface area contributed by atoms with Crippen molar-refractivity contribution in [2.75, 3.05) is 6.54 Å². The molecule has 0 unspecified atom stereocenters. The Hall–Kier alpha value is -2.58. The van der Waals surface area contributed by atoms with Crippen molar-refractivity contribution < 1.29 is 14.3 Å². The molecular formula is C17H15NO3S. The molecule has 0 fully saturated rings. The highest BCUT2D eigenvalue weighted by Crippen LogP contribution is 2.11. The Morgan fingerprint density at radius 2 is 2.09 bits per heavy atom. The highest BCUT2D eigenvalue weighted by Gasteiger charge is 2.01. The molecule has 0 aliphatic rings. The van der Waals surface area contributed by atoms with E-state index in [4.69, 9.17) is 4.74 Å². The van der Waals surface area contributed by atoms with Gasteiger partial charge >= 0.3 is 6.09 Å². The van der Waals surface area contributed by atoms with E-state index in [1.807, 2.05) is 35.7 Å². The minimum atomic E-state index is -0.463. The summed E-state index contributed by atoms with van der Waals surface area (Å²) in [6.07, 6.45) is 0.823. The highest BCUT2D eigenvalue weighted by atomic mass is 32.1. The molecule has 112 valence electrons. The number of aldehydes is 1. The van der Waals surface area contributed by atoms with Gasteiger partial charge in [-0.2, -0.15) is 11.3 Å². The van der Waals surface area contributed by atoms with E-state index in [1.165, 1.54) is 11.3 Å². The van der Waals surface area contributed by atoms with E-state index in [-0.39, 0.29) is 6.61 Å². The summed E-state index contributed by atoms with van der Waals surface area (Å²) in [6, 6.07) is 9.48. The molecule has 0 spiro atoms. The lowest BCUT2D eigenvalue weighted by Crippen LogP contribution is -2.24. The van der Waals surface area contributed by atoms with Crippen LogP contribution in [-0.4, -0.2) is 18.9 Å². The fourth-order valence-electron chi connectivity index (χ4n) is 1.66. The maximum Gasteiger partial charge on any atom is 0.407 e. The van der Waals surface area contributed by atoms with Crippen LogP contribution in [0.2, 0.25) is 0 Å². The molecule has 0 saturated carbocycles. The second kappa shape index (κ2) is 8.65. The third-order valence-electron chi connectivity index (χ3n) is 2.77. The molecule has 1 heterocycles. The first-order chi connectivity index (χ1) is 10.8. The molecule has 1 aromatic heterocycles. The Labute approximate surface area is 133 Å². The molecule has 0 aliphatic carbocycles. The summed E-state index contributed by atoms with van der Waals surface area (Å²) in [6.45, 7) is 0.650. The Morgan fingerprint density at radius 3 is 2.86 bits per heavy atom. The summed E-state index contributed by atoms with van der Waals surface area (Å²) in [5, 5.41) is 6.22. The van der Waals surface area contributed by atoms with Gasteiger partial charge in [0.1, 0.15) is 6.61 Å². The van der Waals surface area contributed by atoms with E-state index in [0.29, 0.717) is 18.5 Å². The molecule has 22 heavy (non-hydrogen) atoms. The second-order valence-electron chi connectivity index (χ2n) is 4.40. The maximum absolute atomic E-state index is 11.5. The zero-order valence-corrected chi connectivity index (χ0v) is 12.7. The van der Waals surface area contributed by atoms with Crippen LogP contribution in [-0.2, 0) is 11.3 Å². The summed E-state index contributed by atoms with van der Waals surface area (Å²) in [5.74, 6) is 5.83. The number of hydrogen-bond acceptors (Lipinski definition) is 4. The fourth-order valence-corrected chi connectivity index (χ4v) is 2.39. The zero-order valence-electron chi connectivity index (χ0n) is 11.9. The molecule has 0 radical (unpaired) electrons. The highest BCUT2D eigenvalue weighted by molar-refractivity contribution is 7.08. The van der Waals surface area contributed by atoms with Gasteiger partial charge in [0.15, 0.2) is 6.29 Å². The maximum atomic E-state index is 11.5. The average molecular weight is 313 g/mol. The molecule has 0 aliphatic heterocycles. The zero-order chi connectivity index (χ0) is 15.6. The van der Waals surface area contributed by atoms with Crippen molar-refractivity contribution in [1.29, 1.82) is 0 Å². The van der Waals surface area contributed by atoms with Gasteiger partial charge in [-0.3, -0.25) is 4.79 Å².